The van der Waals surface area contributed by atoms with Crippen LogP contribution in [0.4, 0.5) is 0 Å². The molecular formula is C10H14N2O2. The minimum absolute atomic E-state index is 0.415. The minimum Gasteiger partial charge on any atom is -0.366 e. The second kappa shape index (κ2) is 2.91. The Balaban J connectivity index is 3.23. The Kier molecular flexibility index (Phi) is 2.27. The SMILES string of the molecule is CC1(C)CC(C#N)(N=C=O)C(C)(C)O1. The molecular weight excluding hydrogens is 180 g/mol. The molecule has 4 nitrogen and oxygen atoms in total. The number of hydrogen-bond acceptors (Lipinski definition) is 4. The van der Waals surface area contributed by atoms with Crippen LogP contribution in [0.3, 0.4) is 0 Å². The number of nitrogens with zero attached hydrogens (tertiary/aromatic N) is 2. The maximum atomic E-state index is 10.3. The van der Waals surface area contributed by atoms with Gasteiger partial charge in [-0.25, -0.2) is 4.79 Å². The van der Waals surface area contributed by atoms with E-state index in [0.29, 0.717) is 6.42 Å². The highest BCUT2D eigenvalue weighted by molar-refractivity contribution is 5.40. The maximum Gasteiger partial charge on any atom is 0.236 e. The number of ether oxygens (including phenoxy) is 1. The van der Waals surface area contributed by atoms with E-state index in [1.165, 1.54) is 6.08 Å². The van der Waals surface area contributed by atoms with Crippen molar-refractivity contribution in [2.45, 2.75) is 50.9 Å². The van der Waals surface area contributed by atoms with Gasteiger partial charge in [0.2, 0.25) is 6.08 Å². The number of nitriles is 1. The average molecular weight is 194 g/mol. The van der Waals surface area contributed by atoms with Gasteiger partial charge in [-0.2, -0.15) is 10.3 Å². The lowest BCUT2D eigenvalue weighted by Gasteiger charge is -2.28. The van der Waals surface area contributed by atoms with Crippen LogP contribution in [0, 0.1) is 11.3 Å². The van der Waals surface area contributed by atoms with Gasteiger partial charge in [-0.15, -0.1) is 0 Å². The molecule has 0 aromatic carbocycles. The second-order valence-corrected chi connectivity index (χ2v) is 4.72. The first-order valence-electron chi connectivity index (χ1n) is 4.49. The highest BCUT2D eigenvalue weighted by atomic mass is 16.5. The molecule has 0 aliphatic carbocycles. The molecule has 14 heavy (non-hydrogen) atoms. The Morgan fingerprint density at radius 3 is 2.21 bits per heavy atom. The summed E-state index contributed by atoms with van der Waals surface area (Å²) in [6, 6.07) is 2.07. The maximum absolute atomic E-state index is 10.3. The molecule has 0 bridgehead atoms. The molecule has 0 N–H and O–H groups in total. The van der Waals surface area contributed by atoms with Gasteiger partial charge in [-0.3, -0.25) is 0 Å². The van der Waals surface area contributed by atoms with Gasteiger partial charge >= 0.3 is 0 Å². The summed E-state index contributed by atoms with van der Waals surface area (Å²) in [7, 11) is 0. The molecule has 0 radical (unpaired) electrons. The minimum atomic E-state index is -1.10. The number of isocyanates is 1. The Labute approximate surface area is 83.6 Å². The highest BCUT2D eigenvalue weighted by Gasteiger charge is 2.58. The Morgan fingerprint density at radius 2 is 1.93 bits per heavy atom. The van der Waals surface area contributed by atoms with Crippen LogP contribution in [0.1, 0.15) is 34.1 Å². The van der Waals surface area contributed by atoms with Crippen molar-refractivity contribution in [1.29, 1.82) is 5.26 Å². The fraction of sp³-hybridized carbons (Fsp3) is 0.800. The predicted molar refractivity (Wildman–Crippen MR) is 50.3 cm³/mol. The monoisotopic (exact) mass is 194 g/mol. The van der Waals surface area contributed by atoms with Crippen molar-refractivity contribution in [1.82, 2.24) is 0 Å². The van der Waals surface area contributed by atoms with Crippen molar-refractivity contribution < 1.29 is 9.53 Å². The second-order valence-electron chi connectivity index (χ2n) is 4.72. The molecule has 1 aliphatic rings. The zero-order valence-electron chi connectivity index (χ0n) is 8.92. The van der Waals surface area contributed by atoms with Crippen LogP contribution in [-0.4, -0.2) is 22.8 Å². The molecule has 1 aliphatic heterocycles. The van der Waals surface area contributed by atoms with Crippen molar-refractivity contribution >= 4 is 6.08 Å². The van der Waals surface area contributed by atoms with E-state index in [-0.39, 0.29) is 0 Å². The van der Waals surface area contributed by atoms with Crippen molar-refractivity contribution in [3.63, 3.8) is 0 Å². The van der Waals surface area contributed by atoms with E-state index in [2.05, 4.69) is 11.1 Å². The molecule has 0 amide bonds. The third-order valence-electron chi connectivity index (χ3n) is 2.63. The fourth-order valence-electron chi connectivity index (χ4n) is 2.09. The largest absolute Gasteiger partial charge is 0.366 e. The van der Waals surface area contributed by atoms with Gasteiger partial charge in [0, 0.05) is 6.42 Å². The predicted octanol–water partition coefficient (Wildman–Crippen LogP) is 1.56. The zero-order valence-corrected chi connectivity index (χ0v) is 8.92. The van der Waals surface area contributed by atoms with Gasteiger partial charge in [0.1, 0.15) is 5.60 Å². The van der Waals surface area contributed by atoms with E-state index in [1.807, 2.05) is 13.8 Å². The van der Waals surface area contributed by atoms with E-state index in [4.69, 9.17) is 10.00 Å². The van der Waals surface area contributed by atoms with E-state index >= 15 is 0 Å². The van der Waals surface area contributed by atoms with E-state index in [0.717, 1.165) is 0 Å². The molecule has 1 atom stereocenters. The summed E-state index contributed by atoms with van der Waals surface area (Å²) < 4.78 is 5.70. The molecule has 76 valence electrons. The summed E-state index contributed by atoms with van der Waals surface area (Å²) in [5, 5.41) is 9.11. The number of hydrogen-bond donors (Lipinski definition) is 0. The van der Waals surface area contributed by atoms with Gasteiger partial charge < -0.3 is 4.74 Å². The standard InChI is InChI=1S/C10H14N2O2/c1-8(2)5-10(6-11,12-7-13)9(3,4)14-8/h5H2,1-4H3. The van der Waals surface area contributed by atoms with Crippen molar-refractivity contribution in [2.24, 2.45) is 4.99 Å². The van der Waals surface area contributed by atoms with Crippen LogP contribution in [0.25, 0.3) is 0 Å². The van der Waals surface area contributed by atoms with Crippen LogP contribution >= 0.6 is 0 Å². The third kappa shape index (κ3) is 1.45. The summed E-state index contributed by atoms with van der Waals surface area (Å²) in [6.07, 6.45) is 1.88. The first kappa shape index (κ1) is 10.9. The first-order valence-corrected chi connectivity index (χ1v) is 4.49. The lowest BCUT2D eigenvalue weighted by Crippen LogP contribution is -2.43. The third-order valence-corrected chi connectivity index (χ3v) is 2.63. The molecule has 1 rings (SSSR count). The van der Waals surface area contributed by atoms with E-state index in [9.17, 15) is 4.79 Å². The smallest absolute Gasteiger partial charge is 0.236 e. The summed E-state index contributed by atoms with van der Waals surface area (Å²) in [5.41, 5.74) is -2.28. The van der Waals surface area contributed by atoms with Crippen molar-refractivity contribution in [2.75, 3.05) is 0 Å². The summed E-state index contributed by atoms with van der Waals surface area (Å²) in [4.78, 5) is 14.0. The van der Waals surface area contributed by atoms with Gasteiger partial charge in [0.05, 0.1) is 11.7 Å². The average Bonchev–Trinajstić information content (AvgIpc) is 2.17. The molecule has 0 aromatic rings. The summed E-state index contributed by atoms with van der Waals surface area (Å²) >= 11 is 0. The Morgan fingerprint density at radius 1 is 1.36 bits per heavy atom. The molecule has 1 unspecified atom stereocenters. The molecule has 0 spiro atoms. The molecule has 1 heterocycles. The lowest BCUT2D eigenvalue weighted by molar-refractivity contribution is -0.0729. The van der Waals surface area contributed by atoms with Crippen LogP contribution in [-0.2, 0) is 9.53 Å². The number of rotatable bonds is 1. The topological polar surface area (TPSA) is 62.5 Å². The Bertz CT molecular complexity index is 335. The summed E-state index contributed by atoms with van der Waals surface area (Å²) in [6.45, 7) is 7.31. The highest BCUT2D eigenvalue weighted by Crippen LogP contribution is 2.46. The lowest BCUT2D eigenvalue weighted by atomic mass is 9.81. The van der Waals surface area contributed by atoms with Crippen molar-refractivity contribution in [3.05, 3.63) is 0 Å². The molecule has 0 aromatic heterocycles. The van der Waals surface area contributed by atoms with Crippen molar-refractivity contribution in [3.8, 4) is 6.07 Å². The summed E-state index contributed by atoms with van der Waals surface area (Å²) in [5.74, 6) is 0. The van der Waals surface area contributed by atoms with Crippen LogP contribution in [0.2, 0.25) is 0 Å². The van der Waals surface area contributed by atoms with Gasteiger partial charge in [0.25, 0.3) is 0 Å². The van der Waals surface area contributed by atoms with Gasteiger partial charge in [0.15, 0.2) is 5.54 Å². The van der Waals surface area contributed by atoms with E-state index in [1.54, 1.807) is 13.8 Å². The molecule has 1 fully saturated rings. The van der Waals surface area contributed by atoms with Crippen LogP contribution in [0.15, 0.2) is 4.99 Å². The molecule has 1 saturated heterocycles. The number of carbonyl (C=O) groups excluding carboxylic acids is 1. The normalized spacial score (nSPS) is 33.1. The van der Waals surface area contributed by atoms with Crippen LogP contribution < -0.4 is 0 Å². The van der Waals surface area contributed by atoms with E-state index < -0.39 is 16.7 Å². The molecule has 0 saturated carbocycles. The van der Waals surface area contributed by atoms with Gasteiger partial charge in [-0.05, 0) is 27.7 Å². The fourth-order valence-corrected chi connectivity index (χ4v) is 2.09. The zero-order chi connectivity index (χ0) is 11.0. The van der Waals surface area contributed by atoms with Gasteiger partial charge in [-0.1, -0.05) is 0 Å². The Hall–Kier alpha value is -1.17. The number of aliphatic imine (C=N–C) groups is 1. The molecule has 4 heteroatoms. The quantitative estimate of drug-likeness (QED) is 0.470. The van der Waals surface area contributed by atoms with Crippen LogP contribution in [0.5, 0.6) is 0 Å². The first-order chi connectivity index (χ1) is 6.29.